The highest BCUT2D eigenvalue weighted by Gasteiger charge is 2.26. The number of hydrogen-bond acceptors (Lipinski definition) is 28. The molecule has 0 saturated carbocycles. The monoisotopic (exact) mass is 1540 g/mol. The Balaban J connectivity index is 0.000000181. The summed E-state index contributed by atoms with van der Waals surface area (Å²) in [7, 11) is 0. The molecule has 6 heterocycles. The number of hydrogen-bond donors (Lipinski definition) is 3. The van der Waals surface area contributed by atoms with Gasteiger partial charge in [-0.1, -0.05) is 77.9 Å². The highest BCUT2D eigenvalue weighted by molar-refractivity contribution is 5.94. The van der Waals surface area contributed by atoms with Crippen LogP contribution in [0.3, 0.4) is 0 Å². The van der Waals surface area contributed by atoms with Gasteiger partial charge in [0, 0.05) is 68.0 Å². The van der Waals surface area contributed by atoms with Crippen molar-refractivity contribution in [3.63, 3.8) is 0 Å². The van der Waals surface area contributed by atoms with E-state index >= 15 is 0 Å². The molecule has 3 unspecified atom stereocenters. The van der Waals surface area contributed by atoms with Gasteiger partial charge in [0.1, 0.15) is 182 Å². The molecule has 0 aliphatic rings. The van der Waals surface area contributed by atoms with Crippen LogP contribution in [0.25, 0.3) is 65.8 Å². The summed E-state index contributed by atoms with van der Waals surface area (Å²) in [6, 6.07) is 36.0. The van der Waals surface area contributed by atoms with Crippen molar-refractivity contribution in [1.29, 1.82) is 0 Å². The topological polar surface area (TPSA) is 393 Å². The number of fused-ring (bicyclic) bond motifs is 6. The lowest BCUT2D eigenvalue weighted by Crippen LogP contribution is -2.30. The molecule has 0 spiro atoms. The van der Waals surface area contributed by atoms with E-state index in [1.807, 2.05) is 20.8 Å². The van der Waals surface area contributed by atoms with Gasteiger partial charge in [-0.05, 0) is 79.7 Å². The number of Topliss-reactive ketones (excluding diaryl/α,β-unsaturated/α-hetero) is 1. The fraction of sp³-hybridized carbons (Fsp3) is 0.301. The van der Waals surface area contributed by atoms with Crippen LogP contribution in [-0.2, 0) is 49.7 Å². The van der Waals surface area contributed by atoms with E-state index in [4.69, 9.17) is 69.1 Å². The second-order valence-corrected chi connectivity index (χ2v) is 26.3. The molecule has 12 rings (SSSR count). The smallest absolute Gasteiger partial charge is 0.374 e. The van der Waals surface area contributed by atoms with Crippen LogP contribution in [0.5, 0.6) is 34.5 Å². The van der Waals surface area contributed by atoms with Gasteiger partial charge in [0.25, 0.3) is 0 Å². The first-order valence-corrected chi connectivity index (χ1v) is 35.4. The molecule has 0 fully saturated rings. The first kappa shape index (κ1) is 81.8. The second kappa shape index (κ2) is 37.1. The van der Waals surface area contributed by atoms with Crippen LogP contribution < -0.4 is 61.0 Å². The molecule has 28 nitrogen and oxygen atoms in total. The number of ether oxygens (including phenoxy) is 9. The van der Waals surface area contributed by atoms with Gasteiger partial charge in [-0.15, -0.1) is 0 Å². The molecule has 0 saturated heterocycles. The van der Waals surface area contributed by atoms with Crippen molar-refractivity contribution in [1.82, 2.24) is 0 Å². The second-order valence-electron chi connectivity index (χ2n) is 26.3. The Morgan fingerprint density at radius 2 is 0.705 bits per heavy atom. The number of esters is 3. The van der Waals surface area contributed by atoms with Crippen molar-refractivity contribution in [2.75, 3.05) is 52.9 Å². The van der Waals surface area contributed by atoms with E-state index in [1.54, 1.807) is 87.5 Å². The van der Waals surface area contributed by atoms with E-state index in [-0.39, 0.29) is 147 Å². The Morgan fingerprint density at radius 3 is 1.02 bits per heavy atom. The number of aliphatic hydroxyl groups excluding tert-OH is 3. The van der Waals surface area contributed by atoms with Crippen LogP contribution in [0.15, 0.2) is 201 Å². The number of halogens is 1. The summed E-state index contributed by atoms with van der Waals surface area (Å²) in [4.78, 5) is 124. The summed E-state index contributed by atoms with van der Waals surface area (Å²) in [5.74, 6) is -0.423. The molecule has 112 heavy (non-hydrogen) atoms. The molecule has 6 aromatic carbocycles. The molecule has 29 heteroatoms. The van der Waals surface area contributed by atoms with Gasteiger partial charge in [0.2, 0.25) is 11.5 Å². The molecule has 3 N–H and O–H groups in total. The molecule has 0 aliphatic carbocycles. The van der Waals surface area contributed by atoms with Crippen LogP contribution in [0.1, 0.15) is 99.5 Å². The van der Waals surface area contributed by atoms with E-state index in [1.165, 1.54) is 80.6 Å². The standard InChI is InChI=1S/C32H32O13.C27H26O8.C24H21FO7/c1-17(33)13-42-30(38)25-11-19(35)28-21(7-5-9-23(28)44-25)40-14-18(34)15-41-22-8-6-10-24-29(22)20(36)12-26(45-24)31(39)43-16-27(37)32(2,3)4;1-4-17-12-20(29)26-22(8-6-10-24(26)34-17)31-14-19(33-16(3)28)15-32-23-9-7-11-25-27(23)21(30)13-18(5-2)35-25;1-2-15-9-17(27)23-19(5-3-7-21(23)31-15)29-12-14(25)13-30-20-6-4-8-22-24(20)18(28)10-16(11-26)32-22/h5-12,17-18,33-34H,13-16H2,1-4H3;6-13,19H,4-5,14-15H2,1-3H3;3-10,14,26H,2,11-13H2,1H3. The van der Waals surface area contributed by atoms with Crippen molar-refractivity contribution >= 4 is 89.5 Å². The predicted octanol–water partition coefficient (Wildman–Crippen LogP) is 11.2. The minimum absolute atomic E-state index is 0.0161. The van der Waals surface area contributed by atoms with E-state index in [0.717, 1.165) is 12.1 Å². The highest BCUT2D eigenvalue weighted by atomic mass is 19.1. The molecule has 0 radical (unpaired) electrons. The van der Waals surface area contributed by atoms with E-state index in [9.17, 15) is 67.7 Å². The predicted molar refractivity (Wildman–Crippen MR) is 405 cm³/mol. The average molecular weight is 1540 g/mol. The summed E-state index contributed by atoms with van der Waals surface area (Å²) in [6.07, 6.45) is -2.70. The Hall–Kier alpha value is -12.7. The van der Waals surface area contributed by atoms with E-state index in [0.29, 0.717) is 75.6 Å². The SMILES string of the molecule is CC(O)COC(=O)c1cc(=O)c2c(OCC(O)COc3cccc4oc(C(=O)OCC(=O)C(C)(C)C)cc(=O)c34)cccc2o1.CCc1cc(=O)c2c(OCC(COc3cccc4oc(CC)cc(=O)c34)OC(C)=O)cccc2o1.CCc1cc(=O)c2c(OCC(F)COc3cccc4oc(CO)cc(=O)c34)cccc2o1. The maximum atomic E-state index is 14.5. The Kier molecular flexibility index (Phi) is 27.1. The summed E-state index contributed by atoms with van der Waals surface area (Å²) < 4.78 is 97.5. The number of rotatable bonds is 29. The lowest BCUT2D eigenvalue weighted by Gasteiger charge is -2.19. The molecule has 6 aromatic heterocycles. The third-order valence-electron chi connectivity index (χ3n) is 16.6. The first-order valence-electron chi connectivity index (χ1n) is 35.4. The van der Waals surface area contributed by atoms with Crippen LogP contribution in [0.2, 0.25) is 0 Å². The molecule has 0 aliphatic heterocycles. The van der Waals surface area contributed by atoms with Crippen molar-refractivity contribution in [2.24, 2.45) is 5.41 Å². The van der Waals surface area contributed by atoms with Gasteiger partial charge in [0.05, 0.1) is 6.10 Å². The molecule has 3 atom stereocenters. The summed E-state index contributed by atoms with van der Waals surface area (Å²) in [5, 5.41) is 30.1. The largest absolute Gasteiger partial charge is 0.490 e. The summed E-state index contributed by atoms with van der Waals surface area (Å²) >= 11 is 0. The first-order chi connectivity index (χ1) is 53.6. The average Bonchev–Trinajstić information content (AvgIpc) is 0.968. The minimum Gasteiger partial charge on any atom is -0.490 e. The zero-order valence-corrected chi connectivity index (χ0v) is 62.1. The number of ketones is 1. The van der Waals surface area contributed by atoms with Gasteiger partial charge >= 0.3 is 17.9 Å². The molecular formula is C83H79FO28. The molecular weight excluding hydrogens is 1460 g/mol. The van der Waals surface area contributed by atoms with E-state index in [2.05, 4.69) is 0 Å². The number of carbonyl (C=O) groups is 4. The number of benzene rings is 6. The van der Waals surface area contributed by atoms with Crippen molar-refractivity contribution in [3.05, 3.63) is 241 Å². The maximum Gasteiger partial charge on any atom is 0.374 e. The molecule has 586 valence electrons. The lowest BCUT2D eigenvalue weighted by molar-refractivity contribution is -0.149. The van der Waals surface area contributed by atoms with E-state index < -0.39 is 77.3 Å². The minimum atomic E-state index is -1.54. The molecule has 0 amide bonds. The van der Waals surface area contributed by atoms with Gasteiger partial charge in [-0.3, -0.25) is 38.4 Å². The summed E-state index contributed by atoms with van der Waals surface area (Å²) in [6.45, 7) is 10.8. The van der Waals surface area contributed by atoms with Gasteiger partial charge < -0.3 is 84.5 Å². The third kappa shape index (κ3) is 20.6. The number of aryl methyl sites for hydroxylation is 3. The van der Waals surface area contributed by atoms with Crippen molar-refractivity contribution in [2.45, 2.75) is 106 Å². The van der Waals surface area contributed by atoms with Gasteiger partial charge in [-0.2, -0.15) is 0 Å². The number of carbonyl (C=O) groups excluding carboxylic acids is 4. The van der Waals surface area contributed by atoms with Gasteiger partial charge in [0.15, 0.2) is 57.2 Å². The normalized spacial score (nSPS) is 12.2. The van der Waals surface area contributed by atoms with Crippen molar-refractivity contribution in [3.8, 4) is 34.5 Å². The highest BCUT2D eigenvalue weighted by Crippen LogP contribution is 2.31. The fourth-order valence-electron chi connectivity index (χ4n) is 11.0. The number of aliphatic hydroxyl groups is 3. The summed E-state index contributed by atoms with van der Waals surface area (Å²) in [5.41, 5.74) is -1.47. The Bertz CT molecular complexity index is 5610. The van der Waals surface area contributed by atoms with Gasteiger partial charge in [-0.25, -0.2) is 14.0 Å². The Labute approximate surface area is 634 Å². The lowest BCUT2D eigenvalue weighted by atomic mass is 9.91. The van der Waals surface area contributed by atoms with Crippen LogP contribution >= 0.6 is 0 Å². The number of alkyl halides is 1. The third-order valence-corrected chi connectivity index (χ3v) is 16.6. The van der Waals surface area contributed by atoms with Crippen LogP contribution in [-0.4, -0.2) is 116 Å². The maximum absolute atomic E-state index is 14.5. The zero-order valence-electron chi connectivity index (χ0n) is 62.1. The zero-order chi connectivity index (χ0) is 80.5. The molecule has 12 aromatic rings. The Morgan fingerprint density at radius 1 is 0.411 bits per heavy atom. The van der Waals surface area contributed by atoms with Crippen molar-refractivity contribution < 1.29 is 108 Å². The van der Waals surface area contributed by atoms with Crippen LogP contribution in [0.4, 0.5) is 4.39 Å². The fourth-order valence-corrected chi connectivity index (χ4v) is 11.0. The van der Waals surface area contributed by atoms with Crippen LogP contribution in [0, 0.1) is 5.41 Å². The quantitative estimate of drug-likeness (QED) is 0.0289. The molecule has 0 bridgehead atoms.